The highest BCUT2D eigenvalue weighted by Gasteiger charge is 2.43. The Morgan fingerprint density at radius 2 is 2.00 bits per heavy atom. The van der Waals surface area contributed by atoms with Gasteiger partial charge < -0.3 is 4.74 Å². The first kappa shape index (κ1) is 13.8. The summed E-state index contributed by atoms with van der Waals surface area (Å²) in [6.07, 6.45) is 10.2. The second kappa shape index (κ2) is 5.39. The van der Waals surface area contributed by atoms with E-state index in [2.05, 4.69) is 62.8 Å². The van der Waals surface area contributed by atoms with E-state index in [0.717, 1.165) is 19.4 Å². The molecule has 0 bridgehead atoms. The van der Waals surface area contributed by atoms with E-state index < -0.39 is 0 Å². The molecule has 1 unspecified atom stereocenters. The molecule has 1 saturated carbocycles. The van der Waals surface area contributed by atoms with E-state index in [1.807, 2.05) is 6.20 Å². The second-order valence-electron chi connectivity index (χ2n) is 6.25. The van der Waals surface area contributed by atoms with Crippen LogP contribution in [0.1, 0.15) is 38.1 Å². The molecular weight excluding hydrogens is 375 g/mol. The Morgan fingerprint density at radius 3 is 2.71 bits per heavy atom. The van der Waals surface area contributed by atoms with E-state index in [0.29, 0.717) is 6.04 Å². The molecule has 1 atom stereocenters. The van der Waals surface area contributed by atoms with Crippen molar-refractivity contribution in [3.8, 4) is 11.1 Å². The van der Waals surface area contributed by atoms with Crippen molar-refractivity contribution in [2.75, 3.05) is 6.61 Å². The number of benzene rings is 1. The maximum absolute atomic E-state index is 6.02. The average Bonchev–Trinajstić information content (AvgIpc) is 2.96. The molecule has 2 aromatic rings. The summed E-state index contributed by atoms with van der Waals surface area (Å²) in [5.41, 5.74) is 2.63. The van der Waals surface area contributed by atoms with Crippen LogP contribution in [0.15, 0.2) is 36.7 Å². The minimum atomic E-state index is 0.178. The largest absolute Gasteiger partial charge is 0.375 e. The molecular formula is C17H19IN2O. The number of ether oxygens (including phenoxy) is 1. The zero-order valence-electron chi connectivity index (χ0n) is 12.0. The standard InChI is InChI=1S/C17H19IN2O/c18-15-4-2-13(3-5-15)14-11-19-20(12-14)16-6-9-21-17(10-16)7-1-8-17/h2-5,11-12,16H,1,6-10H2. The Kier molecular flexibility index (Phi) is 3.53. The smallest absolute Gasteiger partial charge is 0.0703 e. The van der Waals surface area contributed by atoms with Crippen LogP contribution in [0.4, 0.5) is 0 Å². The minimum Gasteiger partial charge on any atom is -0.375 e. The van der Waals surface area contributed by atoms with Crippen LogP contribution in [0, 0.1) is 3.57 Å². The number of rotatable bonds is 2. The lowest BCUT2D eigenvalue weighted by atomic mass is 9.74. The third-order valence-electron chi connectivity index (χ3n) is 4.88. The van der Waals surface area contributed by atoms with Crippen LogP contribution in [0.5, 0.6) is 0 Å². The minimum absolute atomic E-state index is 0.178. The molecule has 110 valence electrons. The summed E-state index contributed by atoms with van der Waals surface area (Å²) in [4.78, 5) is 0. The number of nitrogens with zero attached hydrogens (tertiary/aromatic N) is 2. The Morgan fingerprint density at radius 1 is 1.19 bits per heavy atom. The van der Waals surface area contributed by atoms with Crippen LogP contribution in [0.2, 0.25) is 0 Å². The van der Waals surface area contributed by atoms with Gasteiger partial charge in [-0.25, -0.2) is 0 Å². The first-order chi connectivity index (χ1) is 10.2. The van der Waals surface area contributed by atoms with Crippen molar-refractivity contribution < 1.29 is 4.74 Å². The highest BCUT2D eigenvalue weighted by atomic mass is 127. The summed E-state index contributed by atoms with van der Waals surface area (Å²) >= 11 is 2.34. The molecule has 2 heterocycles. The Bertz CT molecular complexity index is 630. The molecule has 1 saturated heterocycles. The van der Waals surface area contributed by atoms with Crippen LogP contribution < -0.4 is 0 Å². The summed E-state index contributed by atoms with van der Waals surface area (Å²) < 4.78 is 9.44. The van der Waals surface area contributed by atoms with E-state index >= 15 is 0 Å². The molecule has 1 aromatic carbocycles. The van der Waals surface area contributed by atoms with Gasteiger partial charge >= 0.3 is 0 Å². The first-order valence-electron chi connectivity index (χ1n) is 7.68. The fourth-order valence-electron chi connectivity index (χ4n) is 3.48. The number of halogens is 1. The van der Waals surface area contributed by atoms with Crippen LogP contribution in [0.3, 0.4) is 0 Å². The lowest BCUT2D eigenvalue weighted by Gasteiger charge is -2.47. The zero-order chi connectivity index (χ0) is 14.3. The lowest BCUT2D eigenvalue weighted by molar-refractivity contribution is -0.141. The van der Waals surface area contributed by atoms with Gasteiger partial charge in [0.2, 0.25) is 0 Å². The molecule has 1 spiro atoms. The summed E-state index contributed by atoms with van der Waals surface area (Å²) in [5, 5.41) is 4.62. The molecule has 2 fully saturated rings. The van der Waals surface area contributed by atoms with E-state index in [4.69, 9.17) is 4.74 Å². The highest BCUT2D eigenvalue weighted by molar-refractivity contribution is 14.1. The molecule has 1 aromatic heterocycles. The van der Waals surface area contributed by atoms with Gasteiger partial charge in [-0.05, 0) is 72.4 Å². The second-order valence-corrected chi connectivity index (χ2v) is 7.49. The van der Waals surface area contributed by atoms with E-state index in [-0.39, 0.29) is 5.60 Å². The SMILES string of the molecule is Ic1ccc(-c2cnn(C3CCOC4(CCC4)C3)c2)cc1. The van der Waals surface area contributed by atoms with Crippen LogP contribution in [-0.4, -0.2) is 22.0 Å². The molecule has 3 nitrogen and oxygen atoms in total. The Hall–Kier alpha value is -0.880. The van der Waals surface area contributed by atoms with Gasteiger partial charge in [0.25, 0.3) is 0 Å². The molecule has 21 heavy (non-hydrogen) atoms. The molecule has 0 amide bonds. The molecule has 1 aliphatic carbocycles. The van der Waals surface area contributed by atoms with Gasteiger partial charge in [0.05, 0.1) is 17.8 Å². The number of aromatic nitrogens is 2. The molecule has 0 N–H and O–H groups in total. The van der Waals surface area contributed by atoms with Crippen LogP contribution in [0.25, 0.3) is 11.1 Å². The topological polar surface area (TPSA) is 27.1 Å². The monoisotopic (exact) mass is 394 g/mol. The summed E-state index contributed by atoms with van der Waals surface area (Å²) in [6, 6.07) is 9.12. The highest BCUT2D eigenvalue weighted by Crippen LogP contribution is 2.45. The van der Waals surface area contributed by atoms with Crippen molar-refractivity contribution in [3.05, 3.63) is 40.2 Å². The predicted octanol–water partition coefficient (Wildman–Crippen LogP) is 4.43. The molecule has 1 aliphatic heterocycles. The van der Waals surface area contributed by atoms with Crippen LogP contribution >= 0.6 is 22.6 Å². The fraction of sp³-hybridized carbons (Fsp3) is 0.471. The average molecular weight is 394 g/mol. The van der Waals surface area contributed by atoms with Crippen molar-refractivity contribution in [2.45, 2.75) is 43.7 Å². The van der Waals surface area contributed by atoms with Gasteiger partial charge in [0.1, 0.15) is 0 Å². The van der Waals surface area contributed by atoms with Gasteiger partial charge in [-0.15, -0.1) is 0 Å². The molecule has 2 aliphatic rings. The maximum atomic E-state index is 6.02. The number of hydrogen-bond acceptors (Lipinski definition) is 2. The quantitative estimate of drug-likeness (QED) is 0.705. The lowest BCUT2D eigenvalue weighted by Crippen LogP contribution is -2.46. The third-order valence-corrected chi connectivity index (χ3v) is 5.60. The van der Waals surface area contributed by atoms with Gasteiger partial charge in [-0.2, -0.15) is 5.10 Å². The summed E-state index contributed by atoms with van der Waals surface area (Å²) in [5.74, 6) is 0. The van der Waals surface area contributed by atoms with Crippen molar-refractivity contribution in [1.82, 2.24) is 9.78 Å². The van der Waals surface area contributed by atoms with Gasteiger partial charge in [-0.3, -0.25) is 4.68 Å². The van der Waals surface area contributed by atoms with Gasteiger partial charge in [-0.1, -0.05) is 12.1 Å². The fourth-order valence-corrected chi connectivity index (χ4v) is 3.84. The molecule has 0 radical (unpaired) electrons. The van der Waals surface area contributed by atoms with E-state index in [1.54, 1.807) is 0 Å². The third kappa shape index (κ3) is 2.63. The van der Waals surface area contributed by atoms with E-state index in [1.165, 1.54) is 34.0 Å². The van der Waals surface area contributed by atoms with Gasteiger partial charge in [0.15, 0.2) is 0 Å². The maximum Gasteiger partial charge on any atom is 0.0703 e. The van der Waals surface area contributed by atoms with Crippen molar-refractivity contribution in [1.29, 1.82) is 0 Å². The predicted molar refractivity (Wildman–Crippen MR) is 91.2 cm³/mol. The molecule has 4 rings (SSSR count). The van der Waals surface area contributed by atoms with Gasteiger partial charge in [0, 0.05) is 21.9 Å². The zero-order valence-corrected chi connectivity index (χ0v) is 14.1. The summed E-state index contributed by atoms with van der Waals surface area (Å²) in [7, 11) is 0. The normalized spacial score (nSPS) is 24.0. The Balaban J connectivity index is 1.55. The van der Waals surface area contributed by atoms with Crippen molar-refractivity contribution >= 4 is 22.6 Å². The molecule has 4 heteroatoms. The van der Waals surface area contributed by atoms with Crippen molar-refractivity contribution in [2.24, 2.45) is 0 Å². The van der Waals surface area contributed by atoms with Crippen molar-refractivity contribution in [3.63, 3.8) is 0 Å². The van der Waals surface area contributed by atoms with Crippen LogP contribution in [-0.2, 0) is 4.74 Å². The number of hydrogen-bond donors (Lipinski definition) is 0. The van der Waals surface area contributed by atoms with E-state index in [9.17, 15) is 0 Å². The Labute approximate surface area is 138 Å². The summed E-state index contributed by atoms with van der Waals surface area (Å²) in [6.45, 7) is 0.878. The first-order valence-corrected chi connectivity index (χ1v) is 8.76.